The lowest BCUT2D eigenvalue weighted by molar-refractivity contribution is 0.844. The van der Waals surface area contributed by atoms with Gasteiger partial charge in [-0.05, 0) is 25.0 Å². The molecule has 0 aliphatic carbocycles. The third kappa shape index (κ3) is 2.67. The minimum absolute atomic E-state index is 0.282. The standard InChI is InChI=1S/C15H20N4/c1-10(2)13-14(16)17-9-18-15(13)19(4)12-7-5-11(3)6-8-12/h5-10H,1-4H3,(H2,16,17,18). The Morgan fingerprint density at radius 1 is 1.11 bits per heavy atom. The largest absolute Gasteiger partial charge is 0.383 e. The number of hydrogen-bond donors (Lipinski definition) is 1. The summed E-state index contributed by atoms with van der Waals surface area (Å²) < 4.78 is 0. The van der Waals surface area contributed by atoms with Crippen LogP contribution in [0, 0.1) is 6.92 Å². The lowest BCUT2D eigenvalue weighted by Crippen LogP contribution is -2.16. The fraction of sp³-hybridized carbons (Fsp3) is 0.333. The first-order valence-corrected chi connectivity index (χ1v) is 6.41. The monoisotopic (exact) mass is 256 g/mol. The molecule has 19 heavy (non-hydrogen) atoms. The zero-order valence-electron chi connectivity index (χ0n) is 11.9. The average molecular weight is 256 g/mol. The second-order valence-corrected chi connectivity index (χ2v) is 5.05. The molecule has 0 unspecified atom stereocenters. The van der Waals surface area contributed by atoms with Gasteiger partial charge in [0.2, 0.25) is 0 Å². The molecule has 2 rings (SSSR count). The number of aromatic nitrogens is 2. The third-order valence-electron chi connectivity index (χ3n) is 3.21. The number of anilines is 3. The van der Waals surface area contributed by atoms with Crippen LogP contribution >= 0.6 is 0 Å². The minimum atomic E-state index is 0.282. The van der Waals surface area contributed by atoms with E-state index in [1.165, 1.54) is 11.9 Å². The molecule has 0 aliphatic heterocycles. The molecule has 1 aromatic carbocycles. The van der Waals surface area contributed by atoms with Crippen LogP contribution in [-0.4, -0.2) is 17.0 Å². The smallest absolute Gasteiger partial charge is 0.141 e. The summed E-state index contributed by atoms with van der Waals surface area (Å²) >= 11 is 0. The number of rotatable bonds is 3. The number of nitrogen functional groups attached to an aromatic ring is 1. The highest BCUT2D eigenvalue weighted by molar-refractivity contribution is 5.66. The molecule has 0 radical (unpaired) electrons. The zero-order valence-corrected chi connectivity index (χ0v) is 11.9. The second-order valence-electron chi connectivity index (χ2n) is 5.05. The van der Waals surface area contributed by atoms with Gasteiger partial charge in [0.1, 0.15) is 18.0 Å². The first-order valence-electron chi connectivity index (χ1n) is 6.41. The van der Waals surface area contributed by atoms with Gasteiger partial charge in [0.15, 0.2) is 0 Å². The van der Waals surface area contributed by atoms with Crippen molar-refractivity contribution >= 4 is 17.3 Å². The molecular weight excluding hydrogens is 236 g/mol. The topological polar surface area (TPSA) is 55.0 Å². The molecule has 0 aliphatic rings. The predicted molar refractivity (Wildman–Crippen MR) is 79.8 cm³/mol. The summed E-state index contributed by atoms with van der Waals surface area (Å²) in [7, 11) is 2.00. The molecule has 0 atom stereocenters. The van der Waals surface area contributed by atoms with E-state index in [0.29, 0.717) is 5.82 Å². The van der Waals surface area contributed by atoms with Crippen LogP contribution in [0.2, 0.25) is 0 Å². The summed E-state index contributed by atoms with van der Waals surface area (Å²) in [4.78, 5) is 10.5. The minimum Gasteiger partial charge on any atom is -0.383 e. The molecule has 100 valence electrons. The summed E-state index contributed by atoms with van der Waals surface area (Å²) in [5.41, 5.74) is 9.30. The van der Waals surface area contributed by atoms with E-state index in [1.807, 2.05) is 11.9 Å². The third-order valence-corrected chi connectivity index (χ3v) is 3.21. The van der Waals surface area contributed by atoms with Crippen molar-refractivity contribution in [2.24, 2.45) is 0 Å². The van der Waals surface area contributed by atoms with Gasteiger partial charge in [-0.1, -0.05) is 31.5 Å². The van der Waals surface area contributed by atoms with Crippen LogP contribution in [0.15, 0.2) is 30.6 Å². The molecule has 4 nitrogen and oxygen atoms in total. The van der Waals surface area contributed by atoms with Crippen molar-refractivity contribution in [1.82, 2.24) is 9.97 Å². The van der Waals surface area contributed by atoms with Crippen LogP contribution in [-0.2, 0) is 0 Å². The number of nitrogens with two attached hydrogens (primary N) is 1. The summed E-state index contributed by atoms with van der Waals surface area (Å²) in [6.07, 6.45) is 1.52. The molecular formula is C15H20N4. The molecule has 0 amide bonds. The quantitative estimate of drug-likeness (QED) is 0.915. The fourth-order valence-electron chi connectivity index (χ4n) is 2.11. The molecule has 1 heterocycles. The van der Waals surface area contributed by atoms with Gasteiger partial charge < -0.3 is 10.6 Å². The maximum absolute atomic E-state index is 5.98. The van der Waals surface area contributed by atoms with Crippen molar-refractivity contribution in [3.05, 3.63) is 41.7 Å². The van der Waals surface area contributed by atoms with Crippen molar-refractivity contribution in [3.63, 3.8) is 0 Å². The van der Waals surface area contributed by atoms with Gasteiger partial charge >= 0.3 is 0 Å². The highest BCUT2D eigenvalue weighted by Crippen LogP contribution is 2.32. The first kappa shape index (κ1) is 13.3. The van der Waals surface area contributed by atoms with Crippen molar-refractivity contribution in [2.75, 3.05) is 17.7 Å². The first-order chi connectivity index (χ1) is 9.00. The maximum Gasteiger partial charge on any atom is 0.141 e. The van der Waals surface area contributed by atoms with E-state index in [0.717, 1.165) is 17.1 Å². The van der Waals surface area contributed by atoms with E-state index in [4.69, 9.17) is 5.73 Å². The van der Waals surface area contributed by atoms with Crippen LogP contribution in [0.25, 0.3) is 0 Å². The summed E-state index contributed by atoms with van der Waals surface area (Å²) in [5.74, 6) is 1.70. The van der Waals surface area contributed by atoms with Gasteiger partial charge in [-0.3, -0.25) is 0 Å². The van der Waals surface area contributed by atoms with Crippen molar-refractivity contribution in [2.45, 2.75) is 26.7 Å². The molecule has 0 bridgehead atoms. The Morgan fingerprint density at radius 2 is 1.74 bits per heavy atom. The van der Waals surface area contributed by atoms with Crippen molar-refractivity contribution in [3.8, 4) is 0 Å². The zero-order chi connectivity index (χ0) is 14.0. The van der Waals surface area contributed by atoms with Crippen LogP contribution in [0.4, 0.5) is 17.3 Å². The Labute approximate surface area is 114 Å². The summed E-state index contributed by atoms with van der Waals surface area (Å²) in [5, 5.41) is 0. The molecule has 1 aromatic heterocycles. The van der Waals surface area contributed by atoms with E-state index in [2.05, 4.69) is 55.0 Å². The Morgan fingerprint density at radius 3 is 2.32 bits per heavy atom. The SMILES string of the molecule is Cc1ccc(N(C)c2ncnc(N)c2C(C)C)cc1. The van der Waals surface area contributed by atoms with E-state index in [1.54, 1.807) is 0 Å². The van der Waals surface area contributed by atoms with E-state index < -0.39 is 0 Å². The summed E-state index contributed by atoms with van der Waals surface area (Å²) in [6, 6.07) is 8.34. The van der Waals surface area contributed by atoms with Gasteiger partial charge in [0, 0.05) is 18.3 Å². The Balaban J connectivity index is 2.46. The van der Waals surface area contributed by atoms with Gasteiger partial charge in [0.25, 0.3) is 0 Å². The van der Waals surface area contributed by atoms with Crippen LogP contribution < -0.4 is 10.6 Å². The molecule has 0 spiro atoms. The Kier molecular flexibility index (Phi) is 3.69. The van der Waals surface area contributed by atoms with Gasteiger partial charge in [-0.25, -0.2) is 9.97 Å². The van der Waals surface area contributed by atoms with Crippen LogP contribution in [0.5, 0.6) is 0 Å². The Hall–Kier alpha value is -2.10. The molecule has 0 saturated carbocycles. The Bertz CT molecular complexity index is 561. The molecule has 4 heteroatoms. The predicted octanol–water partition coefficient (Wildman–Crippen LogP) is 3.26. The molecule has 2 aromatic rings. The average Bonchev–Trinajstić information content (AvgIpc) is 2.38. The fourth-order valence-corrected chi connectivity index (χ4v) is 2.11. The number of nitrogens with zero attached hydrogens (tertiary/aromatic N) is 3. The molecule has 0 saturated heterocycles. The second kappa shape index (κ2) is 5.26. The normalized spacial score (nSPS) is 10.8. The van der Waals surface area contributed by atoms with Crippen molar-refractivity contribution in [1.29, 1.82) is 0 Å². The van der Waals surface area contributed by atoms with E-state index in [9.17, 15) is 0 Å². The molecule has 0 fully saturated rings. The number of aryl methyl sites for hydroxylation is 1. The molecule has 2 N–H and O–H groups in total. The van der Waals surface area contributed by atoms with Gasteiger partial charge in [0.05, 0.1) is 0 Å². The van der Waals surface area contributed by atoms with E-state index in [-0.39, 0.29) is 5.92 Å². The lowest BCUT2D eigenvalue weighted by Gasteiger charge is -2.23. The highest BCUT2D eigenvalue weighted by atomic mass is 15.2. The van der Waals surface area contributed by atoms with Crippen LogP contribution in [0.3, 0.4) is 0 Å². The van der Waals surface area contributed by atoms with Crippen LogP contribution in [0.1, 0.15) is 30.9 Å². The maximum atomic E-state index is 5.98. The summed E-state index contributed by atoms with van der Waals surface area (Å²) in [6.45, 7) is 6.27. The highest BCUT2D eigenvalue weighted by Gasteiger charge is 2.17. The number of benzene rings is 1. The van der Waals surface area contributed by atoms with Gasteiger partial charge in [-0.15, -0.1) is 0 Å². The lowest BCUT2D eigenvalue weighted by atomic mass is 10.0. The van der Waals surface area contributed by atoms with Crippen molar-refractivity contribution < 1.29 is 0 Å². The number of hydrogen-bond acceptors (Lipinski definition) is 4. The van der Waals surface area contributed by atoms with E-state index >= 15 is 0 Å². The van der Waals surface area contributed by atoms with Gasteiger partial charge in [-0.2, -0.15) is 0 Å².